The minimum atomic E-state index is -0.254. The zero-order chi connectivity index (χ0) is 18.3. The van der Waals surface area contributed by atoms with Gasteiger partial charge in [0, 0.05) is 47.0 Å². The lowest BCUT2D eigenvalue weighted by Crippen LogP contribution is -2.19. The first-order valence-electron chi connectivity index (χ1n) is 8.46. The van der Waals surface area contributed by atoms with E-state index in [1.807, 2.05) is 23.9 Å². The molecule has 0 atom stereocenters. The van der Waals surface area contributed by atoms with Crippen molar-refractivity contribution >= 4 is 46.7 Å². The molecule has 2 aliphatic rings. The van der Waals surface area contributed by atoms with Gasteiger partial charge in [0.25, 0.3) is 0 Å². The number of nitrogens with zero attached hydrogens (tertiary/aromatic N) is 2. The number of aromatic nitrogens is 2. The minimum absolute atomic E-state index is 0.0936. The highest BCUT2D eigenvalue weighted by molar-refractivity contribution is 8.03. The van der Waals surface area contributed by atoms with E-state index in [4.69, 9.17) is 11.6 Å². The molecule has 0 saturated heterocycles. The number of carbonyl (C=O) groups is 2. The molecule has 0 unspecified atom stereocenters. The van der Waals surface area contributed by atoms with Crippen LogP contribution in [0, 0.1) is 0 Å². The lowest BCUT2D eigenvalue weighted by atomic mass is 9.91. The molecule has 1 aromatic carbocycles. The van der Waals surface area contributed by atoms with Crippen molar-refractivity contribution in [3.05, 3.63) is 51.2 Å². The highest BCUT2D eigenvalue weighted by Gasteiger charge is 2.31. The van der Waals surface area contributed by atoms with Crippen LogP contribution in [-0.2, 0) is 18.3 Å². The van der Waals surface area contributed by atoms with Gasteiger partial charge >= 0.3 is 0 Å². The molecule has 2 aromatic rings. The molecule has 2 heterocycles. The summed E-state index contributed by atoms with van der Waals surface area (Å²) in [5.74, 6) is 0.634. The van der Waals surface area contributed by atoms with Gasteiger partial charge < -0.3 is 4.57 Å². The number of halogens is 1. The fraction of sp³-hybridized carbons (Fsp3) is 0.316. The van der Waals surface area contributed by atoms with Crippen molar-refractivity contribution in [2.24, 2.45) is 7.05 Å². The molecular formula is C19H17ClN2O2S2. The van der Waals surface area contributed by atoms with Crippen LogP contribution in [0.2, 0.25) is 5.02 Å². The van der Waals surface area contributed by atoms with E-state index in [2.05, 4.69) is 4.98 Å². The summed E-state index contributed by atoms with van der Waals surface area (Å²) in [6, 6.07) is 3.71. The number of allylic oxidation sites excluding steroid dienone is 2. The summed E-state index contributed by atoms with van der Waals surface area (Å²) in [4.78, 5) is 32.1. The first kappa shape index (κ1) is 17.9. The Bertz CT molecular complexity index is 949. The fourth-order valence-electron chi connectivity index (χ4n) is 3.28. The molecule has 0 saturated carbocycles. The maximum atomic E-state index is 13.2. The van der Waals surface area contributed by atoms with Crippen LogP contribution >= 0.6 is 35.1 Å². The molecule has 0 amide bonds. The van der Waals surface area contributed by atoms with E-state index in [0.29, 0.717) is 23.4 Å². The molecule has 0 bridgehead atoms. The molecular weight excluding hydrogens is 388 g/mol. The molecule has 134 valence electrons. The number of imidazole rings is 1. The summed E-state index contributed by atoms with van der Waals surface area (Å²) in [7, 11) is 1.90. The summed E-state index contributed by atoms with van der Waals surface area (Å²) < 4.78 is 1.89. The van der Waals surface area contributed by atoms with E-state index in [0.717, 1.165) is 39.1 Å². The third-order valence-corrected chi connectivity index (χ3v) is 7.40. The van der Waals surface area contributed by atoms with Crippen LogP contribution in [-0.4, -0.2) is 26.9 Å². The second-order valence-corrected chi connectivity index (χ2v) is 8.91. The minimum Gasteiger partial charge on any atom is -0.329 e. The van der Waals surface area contributed by atoms with Crippen LogP contribution in [0.25, 0.3) is 0 Å². The Labute approximate surface area is 165 Å². The zero-order valence-corrected chi connectivity index (χ0v) is 16.6. The molecule has 0 N–H and O–H groups in total. The van der Waals surface area contributed by atoms with Crippen LogP contribution < -0.4 is 0 Å². The highest BCUT2D eigenvalue weighted by atomic mass is 35.5. The number of aryl methyl sites for hydroxylation is 1. The molecule has 26 heavy (non-hydrogen) atoms. The van der Waals surface area contributed by atoms with Crippen LogP contribution in [0.4, 0.5) is 0 Å². The highest BCUT2D eigenvalue weighted by Crippen LogP contribution is 2.41. The van der Waals surface area contributed by atoms with E-state index in [9.17, 15) is 9.59 Å². The molecule has 1 aliphatic carbocycles. The van der Waals surface area contributed by atoms with Crippen molar-refractivity contribution in [3.63, 3.8) is 0 Å². The van der Waals surface area contributed by atoms with Crippen LogP contribution in [0.15, 0.2) is 45.1 Å². The Kier molecular flexibility index (Phi) is 4.99. The third-order valence-electron chi connectivity index (χ3n) is 4.64. The van der Waals surface area contributed by atoms with Crippen molar-refractivity contribution in [3.8, 4) is 0 Å². The number of benzene rings is 1. The summed E-state index contributed by atoms with van der Waals surface area (Å²) in [6.07, 6.45) is 6.31. The number of thioether (sulfide) groups is 2. The molecule has 0 spiro atoms. The van der Waals surface area contributed by atoms with Crippen LogP contribution in [0.1, 0.15) is 35.2 Å². The Morgan fingerprint density at radius 1 is 1.31 bits per heavy atom. The van der Waals surface area contributed by atoms with Crippen LogP contribution in [0.5, 0.6) is 0 Å². The van der Waals surface area contributed by atoms with E-state index < -0.39 is 0 Å². The lowest BCUT2D eigenvalue weighted by molar-refractivity contribution is -0.115. The van der Waals surface area contributed by atoms with Gasteiger partial charge in [-0.2, -0.15) is 0 Å². The monoisotopic (exact) mass is 404 g/mol. The maximum absolute atomic E-state index is 13.2. The largest absolute Gasteiger partial charge is 0.329 e. The molecule has 0 fully saturated rings. The average Bonchev–Trinajstić information content (AvgIpc) is 3.25. The van der Waals surface area contributed by atoms with Gasteiger partial charge in [0.15, 0.2) is 16.7 Å². The van der Waals surface area contributed by atoms with Gasteiger partial charge in [-0.3, -0.25) is 9.59 Å². The van der Waals surface area contributed by atoms with Crippen LogP contribution in [0.3, 0.4) is 0 Å². The predicted octanol–water partition coefficient (Wildman–Crippen LogP) is 4.70. The predicted molar refractivity (Wildman–Crippen MR) is 105 cm³/mol. The Balaban J connectivity index is 1.76. The molecule has 1 aliphatic heterocycles. The Morgan fingerprint density at radius 3 is 2.92 bits per heavy atom. The number of hydrogen-bond acceptors (Lipinski definition) is 5. The number of Topliss-reactive ketones (excluding diaryl/α,β-unsaturated/α-hetero) is 2. The maximum Gasteiger partial charge on any atom is 0.198 e. The topological polar surface area (TPSA) is 52.0 Å². The first-order valence-corrected chi connectivity index (χ1v) is 10.6. The lowest BCUT2D eigenvalue weighted by Gasteiger charge is -2.19. The number of rotatable bonds is 4. The van der Waals surface area contributed by atoms with E-state index in [1.165, 1.54) is 11.8 Å². The number of hydrogen-bond donors (Lipinski definition) is 0. The normalized spacial score (nSPS) is 16.9. The van der Waals surface area contributed by atoms with Crippen molar-refractivity contribution in [2.45, 2.75) is 35.7 Å². The van der Waals surface area contributed by atoms with E-state index >= 15 is 0 Å². The second-order valence-electron chi connectivity index (χ2n) is 6.33. The Morgan fingerprint density at radius 2 is 2.15 bits per heavy atom. The quantitative estimate of drug-likeness (QED) is 0.546. The zero-order valence-electron chi connectivity index (χ0n) is 14.3. The fourth-order valence-corrected chi connectivity index (χ4v) is 5.84. The Hall–Kier alpha value is -1.50. The van der Waals surface area contributed by atoms with E-state index in [1.54, 1.807) is 24.0 Å². The molecule has 1 aromatic heterocycles. The molecule has 4 nitrogen and oxygen atoms in total. The SMILES string of the molecule is Cn1ccnc1SC1=C(C(=O)c2ccc3c(c2Cl)CCS3)C(=O)CCC1. The van der Waals surface area contributed by atoms with Gasteiger partial charge in [-0.1, -0.05) is 23.4 Å². The molecule has 4 rings (SSSR count). The van der Waals surface area contributed by atoms with Crippen molar-refractivity contribution < 1.29 is 9.59 Å². The average molecular weight is 405 g/mol. The second kappa shape index (κ2) is 7.25. The van der Waals surface area contributed by atoms with Gasteiger partial charge in [0.05, 0.1) is 10.6 Å². The van der Waals surface area contributed by atoms with Crippen molar-refractivity contribution in [2.75, 3.05) is 5.75 Å². The summed E-state index contributed by atoms with van der Waals surface area (Å²) in [5.41, 5.74) is 1.76. The molecule has 0 radical (unpaired) electrons. The van der Waals surface area contributed by atoms with Crippen molar-refractivity contribution in [1.29, 1.82) is 0 Å². The van der Waals surface area contributed by atoms with Gasteiger partial charge in [-0.05, 0) is 37.0 Å². The number of ketones is 2. The van der Waals surface area contributed by atoms with Gasteiger partial charge in [0.2, 0.25) is 0 Å². The number of fused-ring (bicyclic) bond motifs is 1. The standard InChI is InChI=1S/C19H17ClN2O2S2/c1-22-9-8-21-19(22)26-15-4-2-3-13(23)16(15)18(24)12-5-6-14-11(17(12)20)7-10-25-14/h5-6,8-9H,2-4,7,10H2,1H3. The summed E-state index contributed by atoms with van der Waals surface area (Å²) in [6.45, 7) is 0. The van der Waals surface area contributed by atoms with E-state index in [-0.39, 0.29) is 17.1 Å². The third kappa shape index (κ3) is 3.15. The summed E-state index contributed by atoms with van der Waals surface area (Å²) in [5, 5.41) is 1.28. The van der Waals surface area contributed by atoms with Gasteiger partial charge in [-0.25, -0.2) is 4.98 Å². The van der Waals surface area contributed by atoms with Gasteiger partial charge in [0.1, 0.15) is 0 Å². The molecule has 7 heteroatoms. The smallest absolute Gasteiger partial charge is 0.198 e. The van der Waals surface area contributed by atoms with Gasteiger partial charge in [-0.15, -0.1) is 11.8 Å². The first-order chi connectivity index (χ1) is 12.6. The number of carbonyl (C=O) groups excluding carboxylic acids is 2. The van der Waals surface area contributed by atoms with Crippen molar-refractivity contribution in [1.82, 2.24) is 9.55 Å². The summed E-state index contributed by atoms with van der Waals surface area (Å²) >= 11 is 9.70.